The molecule has 0 fully saturated rings. The quantitative estimate of drug-likeness (QED) is 0.281. The second-order valence-electron chi connectivity index (χ2n) is 9.00. The summed E-state index contributed by atoms with van der Waals surface area (Å²) >= 11 is 3.49. The molecule has 0 aliphatic heterocycles. The van der Waals surface area contributed by atoms with Crippen LogP contribution < -0.4 is 10.1 Å². The number of ether oxygens (including phenoxy) is 1. The van der Waals surface area contributed by atoms with Crippen molar-refractivity contribution in [2.45, 2.75) is 52.6 Å². The lowest BCUT2D eigenvalue weighted by Gasteiger charge is -2.32. The number of aryl methyl sites for hydroxylation is 2. The molecule has 1 atom stereocenters. The SMILES string of the molecule is CCCCNC(=O)[C@@H](Cc1ccccc1)N(Cc1ccccc1C)C(=O)COc1ccc(Br)c(C)c1. The summed E-state index contributed by atoms with van der Waals surface area (Å²) in [6, 6.07) is 22.8. The van der Waals surface area contributed by atoms with Crippen molar-refractivity contribution in [3.8, 4) is 5.75 Å². The fraction of sp³-hybridized carbons (Fsp3) is 0.333. The van der Waals surface area contributed by atoms with Gasteiger partial charge in [0.25, 0.3) is 5.91 Å². The van der Waals surface area contributed by atoms with E-state index in [0.717, 1.165) is 39.6 Å². The highest BCUT2D eigenvalue weighted by atomic mass is 79.9. The monoisotopic (exact) mass is 550 g/mol. The summed E-state index contributed by atoms with van der Waals surface area (Å²) in [7, 11) is 0. The van der Waals surface area contributed by atoms with Crippen molar-refractivity contribution in [2.75, 3.05) is 13.2 Å². The third kappa shape index (κ3) is 7.95. The molecule has 3 aromatic carbocycles. The summed E-state index contributed by atoms with van der Waals surface area (Å²) in [6.07, 6.45) is 2.30. The maximum absolute atomic E-state index is 13.7. The molecule has 0 saturated carbocycles. The number of rotatable bonds is 12. The number of benzene rings is 3. The molecule has 3 rings (SSSR count). The second kappa shape index (κ2) is 13.8. The summed E-state index contributed by atoms with van der Waals surface area (Å²) in [4.78, 5) is 28.8. The summed E-state index contributed by atoms with van der Waals surface area (Å²) in [5, 5.41) is 3.05. The first kappa shape index (κ1) is 27.5. The van der Waals surface area contributed by atoms with Gasteiger partial charge in [0.1, 0.15) is 11.8 Å². The third-order valence-electron chi connectivity index (χ3n) is 6.19. The van der Waals surface area contributed by atoms with Crippen molar-refractivity contribution in [1.29, 1.82) is 0 Å². The molecule has 0 bridgehead atoms. The Morgan fingerprint density at radius 3 is 2.39 bits per heavy atom. The Labute approximate surface area is 223 Å². The van der Waals surface area contributed by atoms with Gasteiger partial charge in [-0.1, -0.05) is 83.9 Å². The first-order chi connectivity index (χ1) is 17.4. The van der Waals surface area contributed by atoms with Gasteiger partial charge in [-0.25, -0.2) is 0 Å². The van der Waals surface area contributed by atoms with Gasteiger partial charge in [-0.15, -0.1) is 0 Å². The molecule has 36 heavy (non-hydrogen) atoms. The summed E-state index contributed by atoms with van der Waals surface area (Å²) in [5.74, 6) is 0.242. The first-order valence-electron chi connectivity index (χ1n) is 12.4. The molecule has 0 aliphatic rings. The van der Waals surface area contributed by atoms with E-state index in [-0.39, 0.29) is 18.4 Å². The van der Waals surface area contributed by atoms with Crippen molar-refractivity contribution in [2.24, 2.45) is 0 Å². The molecule has 5 nitrogen and oxygen atoms in total. The zero-order valence-corrected chi connectivity index (χ0v) is 22.9. The molecule has 0 aliphatic carbocycles. The minimum Gasteiger partial charge on any atom is -0.484 e. The van der Waals surface area contributed by atoms with E-state index in [4.69, 9.17) is 4.74 Å². The lowest BCUT2D eigenvalue weighted by molar-refractivity contribution is -0.142. The molecule has 3 aromatic rings. The summed E-state index contributed by atoms with van der Waals surface area (Å²) < 4.78 is 6.87. The van der Waals surface area contributed by atoms with Gasteiger partial charge in [0.15, 0.2) is 6.61 Å². The second-order valence-corrected chi connectivity index (χ2v) is 9.85. The fourth-order valence-corrected chi connectivity index (χ4v) is 4.21. The number of hydrogen-bond donors (Lipinski definition) is 1. The molecular weight excluding hydrogens is 516 g/mol. The van der Waals surface area contributed by atoms with Crippen molar-refractivity contribution in [3.05, 3.63) is 99.5 Å². The Kier molecular flexibility index (Phi) is 10.6. The lowest BCUT2D eigenvalue weighted by atomic mass is 10.0. The normalized spacial score (nSPS) is 11.6. The van der Waals surface area contributed by atoms with E-state index in [2.05, 4.69) is 28.2 Å². The van der Waals surface area contributed by atoms with Gasteiger partial charge in [-0.05, 0) is 60.7 Å². The van der Waals surface area contributed by atoms with Crippen LogP contribution >= 0.6 is 15.9 Å². The molecule has 0 heterocycles. The zero-order valence-electron chi connectivity index (χ0n) is 21.3. The largest absolute Gasteiger partial charge is 0.484 e. The number of unbranched alkanes of at least 4 members (excludes halogenated alkanes) is 1. The minimum absolute atomic E-state index is 0.145. The number of carbonyl (C=O) groups excluding carboxylic acids is 2. The standard InChI is InChI=1S/C30H35BrN2O3/c1-4-5-17-32-30(35)28(19-24-12-7-6-8-13-24)33(20-25-14-10-9-11-22(25)2)29(34)21-36-26-15-16-27(31)23(3)18-26/h6-16,18,28H,4-5,17,19-21H2,1-3H3,(H,32,35)/t28-/m1/s1. The van der Waals surface area contributed by atoms with Crippen molar-refractivity contribution in [1.82, 2.24) is 10.2 Å². The van der Waals surface area contributed by atoms with Crippen molar-refractivity contribution in [3.63, 3.8) is 0 Å². The number of carbonyl (C=O) groups is 2. The highest BCUT2D eigenvalue weighted by Gasteiger charge is 2.30. The summed E-state index contributed by atoms with van der Waals surface area (Å²) in [5.41, 5.74) is 4.10. The van der Waals surface area contributed by atoms with Crippen LogP contribution in [0.25, 0.3) is 0 Å². The van der Waals surface area contributed by atoms with Crippen LogP contribution in [-0.2, 0) is 22.6 Å². The van der Waals surface area contributed by atoms with Crippen LogP contribution in [0, 0.1) is 13.8 Å². The van der Waals surface area contributed by atoms with E-state index in [0.29, 0.717) is 25.3 Å². The lowest BCUT2D eigenvalue weighted by Crippen LogP contribution is -2.52. The van der Waals surface area contributed by atoms with Crippen molar-refractivity contribution < 1.29 is 14.3 Å². The molecule has 2 amide bonds. The number of halogens is 1. The molecule has 0 aromatic heterocycles. The Balaban J connectivity index is 1.89. The van der Waals surface area contributed by atoms with Gasteiger partial charge in [0, 0.05) is 24.0 Å². The van der Waals surface area contributed by atoms with E-state index in [1.54, 1.807) is 4.90 Å². The maximum atomic E-state index is 13.7. The molecule has 0 radical (unpaired) electrons. The van der Waals surface area contributed by atoms with E-state index < -0.39 is 6.04 Å². The minimum atomic E-state index is -0.661. The number of hydrogen-bond acceptors (Lipinski definition) is 3. The average molecular weight is 552 g/mol. The fourth-order valence-electron chi connectivity index (χ4n) is 3.97. The van der Waals surface area contributed by atoms with Gasteiger partial charge >= 0.3 is 0 Å². The number of nitrogens with zero attached hydrogens (tertiary/aromatic N) is 1. The first-order valence-corrected chi connectivity index (χ1v) is 13.2. The predicted octanol–water partition coefficient (Wildman–Crippen LogP) is 6.00. The predicted molar refractivity (Wildman–Crippen MR) is 148 cm³/mol. The molecule has 190 valence electrons. The Morgan fingerprint density at radius 2 is 1.69 bits per heavy atom. The maximum Gasteiger partial charge on any atom is 0.261 e. The van der Waals surface area contributed by atoms with Crippen LogP contribution in [0.1, 0.15) is 42.0 Å². The molecule has 6 heteroatoms. The van der Waals surface area contributed by atoms with Crippen molar-refractivity contribution >= 4 is 27.7 Å². The molecule has 1 N–H and O–H groups in total. The van der Waals surface area contributed by atoms with E-state index >= 15 is 0 Å². The van der Waals surface area contributed by atoms with Gasteiger partial charge in [-0.2, -0.15) is 0 Å². The average Bonchev–Trinajstić information content (AvgIpc) is 2.88. The van der Waals surface area contributed by atoms with E-state index in [1.807, 2.05) is 86.6 Å². The number of nitrogens with one attached hydrogen (secondary N) is 1. The molecular formula is C30H35BrN2O3. The molecule has 0 spiro atoms. The van der Waals surface area contributed by atoms with Crippen LogP contribution in [0.2, 0.25) is 0 Å². The van der Waals surface area contributed by atoms with Crippen LogP contribution in [0.4, 0.5) is 0 Å². The van der Waals surface area contributed by atoms with Gasteiger partial charge in [0.2, 0.25) is 5.91 Å². The van der Waals surface area contributed by atoms with E-state index in [9.17, 15) is 9.59 Å². The van der Waals surface area contributed by atoms with Crippen LogP contribution in [0.3, 0.4) is 0 Å². The van der Waals surface area contributed by atoms with Crippen LogP contribution in [-0.4, -0.2) is 35.9 Å². The smallest absolute Gasteiger partial charge is 0.261 e. The Bertz CT molecular complexity index is 1150. The van der Waals surface area contributed by atoms with E-state index in [1.165, 1.54) is 0 Å². The topological polar surface area (TPSA) is 58.6 Å². The number of amides is 2. The Morgan fingerprint density at radius 1 is 0.972 bits per heavy atom. The van der Waals surface area contributed by atoms with Gasteiger partial charge in [-0.3, -0.25) is 9.59 Å². The van der Waals surface area contributed by atoms with Crippen LogP contribution in [0.15, 0.2) is 77.3 Å². The highest BCUT2D eigenvalue weighted by Crippen LogP contribution is 2.22. The van der Waals surface area contributed by atoms with Crippen LogP contribution in [0.5, 0.6) is 5.75 Å². The highest BCUT2D eigenvalue weighted by molar-refractivity contribution is 9.10. The third-order valence-corrected chi connectivity index (χ3v) is 7.08. The zero-order chi connectivity index (χ0) is 25.9. The van der Waals surface area contributed by atoms with Gasteiger partial charge in [0.05, 0.1) is 0 Å². The molecule has 0 unspecified atom stereocenters. The molecule has 0 saturated heterocycles. The summed E-state index contributed by atoms with van der Waals surface area (Å²) in [6.45, 7) is 6.84. The Hall–Kier alpha value is -3.12. The van der Waals surface area contributed by atoms with Gasteiger partial charge < -0.3 is 15.0 Å².